The van der Waals surface area contributed by atoms with Crippen molar-refractivity contribution in [3.05, 3.63) is 24.0 Å². The maximum Gasteiger partial charge on any atom is 0.249 e. The van der Waals surface area contributed by atoms with Gasteiger partial charge in [-0.3, -0.25) is 4.79 Å². The summed E-state index contributed by atoms with van der Waals surface area (Å²) in [4.78, 5) is 14.5. The summed E-state index contributed by atoms with van der Waals surface area (Å²) in [7, 11) is 3.35. The van der Waals surface area contributed by atoms with Gasteiger partial charge in [-0.15, -0.1) is 5.10 Å². The number of carbonyl (C=O) groups excluding carboxylic acids is 1. The summed E-state index contributed by atoms with van der Waals surface area (Å²) in [6.07, 6.45) is 3.59. The van der Waals surface area contributed by atoms with Gasteiger partial charge in [0.05, 0.1) is 5.69 Å². The molecule has 0 radical (unpaired) electrons. The minimum atomic E-state index is -0.584. The number of aromatic nitrogens is 4. The van der Waals surface area contributed by atoms with Crippen LogP contribution in [0.1, 0.15) is 38.4 Å². The van der Waals surface area contributed by atoms with Crippen LogP contribution in [0.25, 0.3) is 5.69 Å². The molecule has 1 aromatic carbocycles. The average molecular weight is 401 g/mol. The van der Waals surface area contributed by atoms with Crippen LogP contribution in [-0.4, -0.2) is 65.0 Å². The number of hydrogen-bond donors (Lipinski definition) is 0. The van der Waals surface area contributed by atoms with Gasteiger partial charge in [0.15, 0.2) is 17.3 Å². The number of ether oxygens (including phenoxy) is 3. The van der Waals surface area contributed by atoms with Crippen LogP contribution in [0, 0.1) is 5.92 Å². The molecule has 1 amide bonds. The summed E-state index contributed by atoms with van der Waals surface area (Å²) in [5.41, 5.74) is 0.193. The van der Waals surface area contributed by atoms with E-state index in [1.807, 2.05) is 25.2 Å². The molecule has 156 valence electrons. The van der Waals surface area contributed by atoms with Crippen LogP contribution in [0.5, 0.6) is 11.5 Å². The lowest BCUT2D eigenvalue weighted by Crippen LogP contribution is -2.51. The zero-order chi connectivity index (χ0) is 20.4. The van der Waals surface area contributed by atoms with Crippen molar-refractivity contribution in [2.75, 3.05) is 34.0 Å². The Morgan fingerprint density at radius 1 is 1.28 bits per heavy atom. The molecule has 4 rings (SSSR count). The Balaban J connectivity index is 1.75. The summed E-state index contributed by atoms with van der Waals surface area (Å²) < 4.78 is 18.1. The van der Waals surface area contributed by atoms with Crippen molar-refractivity contribution in [3.8, 4) is 17.2 Å². The highest BCUT2D eigenvalue weighted by atomic mass is 16.6. The first-order valence-electron chi connectivity index (χ1n) is 9.99. The Morgan fingerprint density at radius 3 is 2.72 bits per heavy atom. The molecule has 0 unspecified atom stereocenters. The Hall–Kier alpha value is -2.68. The summed E-state index contributed by atoms with van der Waals surface area (Å²) in [6, 6.07) is 5.65. The van der Waals surface area contributed by atoms with Gasteiger partial charge in [0.2, 0.25) is 5.91 Å². The van der Waals surface area contributed by atoms with Crippen molar-refractivity contribution < 1.29 is 19.0 Å². The van der Waals surface area contributed by atoms with Gasteiger partial charge in [-0.1, -0.05) is 6.92 Å². The molecule has 29 heavy (non-hydrogen) atoms. The van der Waals surface area contributed by atoms with E-state index in [4.69, 9.17) is 14.2 Å². The maximum atomic E-state index is 12.8. The molecule has 0 spiro atoms. The van der Waals surface area contributed by atoms with Gasteiger partial charge in [0, 0.05) is 20.2 Å². The van der Waals surface area contributed by atoms with Crippen molar-refractivity contribution in [1.29, 1.82) is 0 Å². The van der Waals surface area contributed by atoms with E-state index in [0.717, 1.165) is 31.4 Å². The highest BCUT2D eigenvalue weighted by Gasteiger charge is 2.46. The highest BCUT2D eigenvalue weighted by molar-refractivity contribution is 5.78. The van der Waals surface area contributed by atoms with Crippen LogP contribution in [0.2, 0.25) is 0 Å². The van der Waals surface area contributed by atoms with Crippen LogP contribution in [0.15, 0.2) is 18.2 Å². The Kier molecular flexibility index (Phi) is 5.40. The Bertz CT molecular complexity index is 876. The van der Waals surface area contributed by atoms with Gasteiger partial charge in [-0.2, -0.15) is 4.68 Å². The summed E-state index contributed by atoms with van der Waals surface area (Å²) >= 11 is 0. The topological polar surface area (TPSA) is 91.6 Å². The van der Waals surface area contributed by atoms with Crippen molar-refractivity contribution in [3.63, 3.8) is 0 Å². The van der Waals surface area contributed by atoms with Crippen molar-refractivity contribution in [2.45, 2.75) is 38.1 Å². The predicted octanol–water partition coefficient (Wildman–Crippen LogP) is 1.94. The average Bonchev–Trinajstić information content (AvgIpc) is 3.24. The number of fused-ring (bicyclic) bond motifs is 1. The number of benzene rings is 1. The van der Waals surface area contributed by atoms with E-state index >= 15 is 0 Å². The molecule has 9 nitrogen and oxygen atoms in total. The molecule has 1 aromatic heterocycles. The third-order valence-corrected chi connectivity index (χ3v) is 6.04. The first-order valence-corrected chi connectivity index (χ1v) is 9.99. The number of nitrogens with zero attached hydrogens (tertiary/aromatic N) is 5. The van der Waals surface area contributed by atoms with Gasteiger partial charge < -0.3 is 19.1 Å². The second kappa shape index (κ2) is 7.98. The Labute approximate surface area is 169 Å². The van der Waals surface area contributed by atoms with E-state index in [2.05, 4.69) is 22.4 Å². The SMILES string of the molecule is COCC(=O)N(C)C1(c2nnnn2-c2ccc3c(c2)OCCO3)CCC(C)CC1. The van der Waals surface area contributed by atoms with Crippen LogP contribution in [0.3, 0.4) is 0 Å². The normalized spacial score (nSPS) is 23.6. The predicted molar refractivity (Wildman–Crippen MR) is 104 cm³/mol. The molecule has 0 N–H and O–H groups in total. The molecule has 1 saturated carbocycles. The second-order valence-electron chi connectivity index (χ2n) is 7.84. The van der Waals surface area contributed by atoms with Crippen molar-refractivity contribution in [1.82, 2.24) is 25.1 Å². The number of likely N-dealkylation sites (N-methyl/N-ethyl adjacent to an activating group) is 1. The maximum absolute atomic E-state index is 12.8. The molecule has 0 saturated heterocycles. The van der Waals surface area contributed by atoms with Crippen LogP contribution < -0.4 is 9.47 Å². The highest BCUT2D eigenvalue weighted by Crippen LogP contribution is 2.43. The van der Waals surface area contributed by atoms with Crippen LogP contribution in [0.4, 0.5) is 0 Å². The fourth-order valence-electron chi connectivity index (χ4n) is 4.22. The standard InChI is InChI=1S/C20H27N5O4/c1-14-6-8-20(9-7-14,24(2)18(26)13-27-3)19-21-22-23-25(19)15-4-5-16-17(12-15)29-11-10-28-16/h4-5,12,14H,6-11,13H2,1-3H3. The van der Waals surface area contributed by atoms with Crippen LogP contribution >= 0.6 is 0 Å². The lowest BCUT2D eigenvalue weighted by molar-refractivity contribution is -0.142. The largest absolute Gasteiger partial charge is 0.486 e. The molecule has 2 heterocycles. The van der Waals surface area contributed by atoms with Crippen molar-refractivity contribution in [2.24, 2.45) is 5.92 Å². The third kappa shape index (κ3) is 3.55. The zero-order valence-corrected chi connectivity index (χ0v) is 17.1. The van der Waals surface area contributed by atoms with Gasteiger partial charge in [0.25, 0.3) is 0 Å². The van der Waals surface area contributed by atoms with Gasteiger partial charge >= 0.3 is 0 Å². The monoisotopic (exact) mass is 401 g/mol. The lowest BCUT2D eigenvalue weighted by Gasteiger charge is -2.44. The number of carbonyl (C=O) groups is 1. The van der Waals surface area contributed by atoms with Gasteiger partial charge in [-0.05, 0) is 54.2 Å². The molecule has 2 aliphatic rings. The molecule has 9 heteroatoms. The molecule has 0 atom stereocenters. The zero-order valence-electron chi connectivity index (χ0n) is 17.1. The van der Waals surface area contributed by atoms with E-state index in [9.17, 15) is 4.79 Å². The number of rotatable bonds is 5. The minimum absolute atomic E-state index is 0.0272. The molecular weight excluding hydrogens is 374 g/mol. The number of tetrazole rings is 1. The minimum Gasteiger partial charge on any atom is -0.486 e. The molecule has 1 aliphatic carbocycles. The molecular formula is C20H27N5O4. The summed E-state index contributed by atoms with van der Waals surface area (Å²) in [5, 5.41) is 12.6. The summed E-state index contributed by atoms with van der Waals surface area (Å²) in [5.74, 6) is 2.56. The third-order valence-electron chi connectivity index (χ3n) is 6.04. The molecule has 1 aliphatic heterocycles. The number of hydrogen-bond acceptors (Lipinski definition) is 7. The smallest absolute Gasteiger partial charge is 0.249 e. The van der Waals surface area contributed by atoms with E-state index in [-0.39, 0.29) is 12.5 Å². The van der Waals surface area contributed by atoms with Crippen molar-refractivity contribution >= 4 is 5.91 Å². The summed E-state index contributed by atoms with van der Waals surface area (Å²) in [6.45, 7) is 3.31. The first-order chi connectivity index (χ1) is 14.0. The molecule has 0 bridgehead atoms. The quantitative estimate of drug-likeness (QED) is 0.756. The van der Waals surface area contributed by atoms with Gasteiger partial charge in [0.1, 0.15) is 25.4 Å². The number of methoxy groups -OCH3 is 1. The fourth-order valence-corrected chi connectivity index (χ4v) is 4.22. The Morgan fingerprint density at radius 2 is 2.00 bits per heavy atom. The molecule has 2 aromatic rings. The van der Waals surface area contributed by atoms with E-state index in [0.29, 0.717) is 36.5 Å². The number of amides is 1. The first kappa shape index (κ1) is 19.6. The van der Waals surface area contributed by atoms with E-state index in [1.165, 1.54) is 7.11 Å². The fraction of sp³-hybridized carbons (Fsp3) is 0.600. The van der Waals surface area contributed by atoms with E-state index in [1.54, 1.807) is 9.58 Å². The van der Waals surface area contributed by atoms with Gasteiger partial charge in [-0.25, -0.2) is 0 Å². The lowest BCUT2D eigenvalue weighted by atomic mass is 9.75. The van der Waals surface area contributed by atoms with E-state index < -0.39 is 5.54 Å². The molecule has 1 fully saturated rings. The van der Waals surface area contributed by atoms with Crippen LogP contribution in [-0.2, 0) is 15.1 Å². The second-order valence-corrected chi connectivity index (χ2v) is 7.84.